The van der Waals surface area contributed by atoms with Gasteiger partial charge in [0.1, 0.15) is 5.82 Å². The van der Waals surface area contributed by atoms with Crippen LogP contribution < -0.4 is 5.32 Å². The lowest BCUT2D eigenvalue weighted by molar-refractivity contribution is -0.137. The molecule has 8 nitrogen and oxygen atoms in total. The van der Waals surface area contributed by atoms with E-state index >= 15 is 0 Å². The van der Waals surface area contributed by atoms with E-state index in [1.165, 1.54) is 11.1 Å². The van der Waals surface area contributed by atoms with Crippen molar-refractivity contribution in [1.82, 2.24) is 20.1 Å². The molecule has 0 spiro atoms. The maximum atomic E-state index is 12.3. The number of hydrogen-bond acceptors (Lipinski definition) is 5. The van der Waals surface area contributed by atoms with Gasteiger partial charge >= 0.3 is 0 Å². The number of anilines is 1. The van der Waals surface area contributed by atoms with E-state index < -0.39 is 11.5 Å². The van der Waals surface area contributed by atoms with E-state index in [-0.39, 0.29) is 12.3 Å². The van der Waals surface area contributed by atoms with Crippen molar-refractivity contribution in [2.75, 3.05) is 18.9 Å². The molecule has 1 saturated carbocycles. The summed E-state index contributed by atoms with van der Waals surface area (Å²) in [5, 5.41) is 20.0. The lowest BCUT2D eigenvalue weighted by Crippen LogP contribution is -2.37. The first-order valence-electron chi connectivity index (χ1n) is 8.78. The second-order valence-electron chi connectivity index (χ2n) is 6.95. The minimum atomic E-state index is -1.66. The fourth-order valence-electron chi connectivity index (χ4n) is 2.96. The zero-order valence-corrected chi connectivity index (χ0v) is 14.8. The van der Waals surface area contributed by atoms with Crippen LogP contribution in [0, 0.1) is 11.8 Å². The van der Waals surface area contributed by atoms with Crippen molar-refractivity contribution in [3.63, 3.8) is 0 Å². The number of aliphatic hydroxyl groups is 1. The molecule has 2 aromatic rings. The van der Waals surface area contributed by atoms with Crippen LogP contribution in [-0.4, -0.2) is 56.2 Å². The molecule has 2 aliphatic rings. The van der Waals surface area contributed by atoms with E-state index in [1.54, 1.807) is 25.2 Å². The van der Waals surface area contributed by atoms with Crippen LogP contribution in [0.2, 0.25) is 0 Å². The number of rotatable bonds is 3. The molecule has 0 aromatic carbocycles. The van der Waals surface area contributed by atoms with Crippen molar-refractivity contribution in [2.45, 2.75) is 30.8 Å². The number of aromatic amines is 1. The molecular formula is C19H19N5O3. The Morgan fingerprint density at radius 3 is 2.96 bits per heavy atom. The monoisotopic (exact) mass is 365 g/mol. The topological polar surface area (TPSA) is 111 Å². The molecule has 2 amide bonds. The van der Waals surface area contributed by atoms with Crippen molar-refractivity contribution < 1.29 is 14.7 Å². The number of likely N-dealkylation sites (N-methyl/N-ethyl adjacent to an activating group) is 1. The van der Waals surface area contributed by atoms with Crippen LogP contribution in [0.5, 0.6) is 0 Å². The molecule has 1 saturated heterocycles. The predicted octanol–water partition coefficient (Wildman–Crippen LogP) is 0.879. The van der Waals surface area contributed by atoms with Gasteiger partial charge in [-0.05, 0) is 31.0 Å². The maximum Gasteiger partial charge on any atom is 0.277 e. The van der Waals surface area contributed by atoms with E-state index in [0.29, 0.717) is 29.5 Å². The van der Waals surface area contributed by atoms with Gasteiger partial charge in [-0.1, -0.05) is 11.8 Å². The van der Waals surface area contributed by atoms with E-state index in [2.05, 4.69) is 32.3 Å². The van der Waals surface area contributed by atoms with E-state index in [4.69, 9.17) is 0 Å². The lowest BCUT2D eigenvalue weighted by atomic mass is 10.0. The average molecular weight is 365 g/mol. The highest BCUT2D eigenvalue weighted by atomic mass is 16.3. The molecule has 8 heteroatoms. The third-order valence-electron chi connectivity index (χ3n) is 4.77. The number of H-pyrrole nitrogens is 1. The second kappa shape index (κ2) is 6.52. The van der Waals surface area contributed by atoms with E-state index in [9.17, 15) is 14.7 Å². The highest BCUT2D eigenvalue weighted by molar-refractivity contribution is 6.02. The van der Waals surface area contributed by atoms with Crippen LogP contribution in [0.4, 0.5) is 5.82 Å². The van der Waals surface area contributed by atoms with Crippen molar-refractivity contribution in [3.8, 4) is 11.8 Å². The van der Waals surface area contributed by atoms with Gasteiger partial charge in [-0.25, -0.2) is 4.98 Å². The van der Waals surface area contributed by atoms with Crippen LogP contribution in [0.1, 0.15) is 46.9 Å². The summed E-state index contributed by atoms with van der Waals surface area (Å²) in [7, 11) is 1.63. The number of pyridine rings is 1. The third-order valence-corrected chi connectivity index (χ3v) is 4.77. The fourth-order valence-corrected chi connectivity index (χ4v) is 2.96. The summed E-state index contributed by atoms with van der Waals surface area (Å²) >= 11 is 0. The normalized spacial score (nSPS) is 21.7. The summed E-state index contributed by atoms with van der Waals surface area (Å²) in [6.45, 7) is 0.466. The summed E-state index contributed by atoms with van der Waals surface area (Å²) in [6, 6.07) is 5.00. The van der Waals surface area contributed by atoms with Crippen molar-refractivity contribution in [2.24, 2.45) is 0 Å². The van der Waals surface area contributed by atoms with Gasteiger partial charge in [0.25, 0.3) is 11.8 Å². The minimum Gasteiger partial charge on any atom is -0.369 e. The predicted molar refractivity (Wildman–Crippen MR) is 96.8 cm³/mol. The number of hydrogen-bond donors (Lipinski definition) is 3. The van der Waals surface area contributed by atoms with Crippen molar-refractivity contribution in [1.29, 1.82) is 0 Å². The molecule has 138 valence electrons. The van der Waals surface area contributed by atoms with Gasteiger partial charge in [0.2, 0.25) is 5.60 Å². The molecule has 1 aliphatic carbocycles. The fraction of sp³-hybridized carbons (Fsp3) is 0.368. The second-order valence-corrected chi connectivity index (χ2v) is 6.95. The van der Waals surface area contributed by atoms with Crippen LogP contribution in [-0.2, 0) is 4.79 Å². The molecular weight excluding hydrogens is 346 g/mol. The van der Waals surface area contributed by atoms with Crippen LogP contribution >= 0.6 is 0 Å². The minimum absolute atomic E-state index is 0.270. The molecule has 0 radical (unpaired) electrons. The van der Waals surface area contributed by atoms with Crippen LogP contribution in [0.25, 0.3) is 0 Å². The smallest absolute Gasteiger partial charge is 0.277 e. The first-order valence-corrected chi connectivity index (χ1v) is 8.78. The van der Waals surface area contributed by atoms with Crippen LogP contribution in [0.3, 0.4) is 0 Å². The van der Waals surface area contributed by atoms with E-state index in [1.807, 2.05) is 0 Å². The molecule has 0 unspecified atom stereocenters. The zero-order chi connectivity index (χ0) is 19.0. The molecule has 27 heavy (non-hydrogen) atoms. The first kappa shape index (κ1) is 17.2. The van der Waals surface area contributed by atoms with Gasteiger partial charge < -0.3 is 15.3 Å². The Morgan fingerprint density at radius 1 is 1.44 bits per heavy atom. The van der Waals surface area contributed by atoms with Gasteiger partial charge in [0.05, 0.1) is 0 Å². The summed E-state index contributed by atoms with van der Waals surface area (Å²) in [6.07, 6.45) is 4.02. The van der Waals surface area contributed by atoms with Gasteiger partial charge in [-0.2, -0.15) is 5.10 Å². The number of nitrogens with zero attached hydrogens (tertiary/aromatic N) is 3. The lowest BCUT2D eigenvalue weighted by Gasteiger charge is -2.13. The highest BCUT2D eigenvalue weighted by Gasteiger charge is 2.42. The standard InChI is InChI=1S/C19H19N5O3/c1-24-9-7-19(27,18(24)26)6-4-12-5-8-20-16(10-12)21-17(25)15-11-14(22-23-15)13-2-3-13/h5,8,10-11,13,27H,2-3,7,9H2,1H3,(H,22,23)(H,20,21,25)/t19-/m0/s1. The van der Waals surface area contributed by atoms with Gasteiger partial charge in [-0.15, -0.1) is 0 Å². The summed E-state index contributed by atoms with van der Waals surface area (Å²) in [5.41, 5.74) is 0.170. The van der Waals surface area contributed by atoms with Gasteiger partial charge in [-0.3, -0.25) is 14.7 Å². The Balaban J connectivity index is 1.47. The molecule has 2 fully saturated rings. The Kier molecular flexibility index (Phi) is 4.16. The average Bonchev–Trinajstić information content (AvgIpc) is 3.34. The summed E-state index contributed by atoms with van der Waals surface area (Å²) in [4.78, 5) is 29.8. The van der Waals surface area contributed by atoms with Crippen molar-refractivity contribution >= 4 is 17.6 Å². The number of carbonyl (C=O) groups excluding carboxylic acids is 2. The highest BCUT2D eigenvalue weighted by Crippen LogP contribution is 2.39. The maximum absolute atomic E-state index is 12.3. The Labute approximate surface area is 156 Å². The van der Waals surface area contributed by atoms with E-state index in [0.717, 1.165) is 18.5 Å². The SMILES string of the molecule is CN1CC[C@@](O)(C#Cc2ccnc(NC(=O)c3cc(C4CC4)[nH]n3)c2)C1=O. The van der Waals surface area contributed by atoms with Crippen molar-refractivity contribution in [3.05, 3.63) is 41.3 Å². The Hall–Kier alpha value is -3.18. The summed E-state index contributed by atoms with van der Waals surface area (Å²) < 4.78 is 0. The Bertz CT molecular complexity index is 969. The molecule has 1 atom stereocenters. The number of nitrogens with one attached hydrogen (secondary N) is 2. The molecule has 1 aliphatic heterocycles. The number of likely N-dealkylation sites (tertiary alicyclic amines) is 1. The molecule has 0 bridgehead atoms. The quantitative estimate of drug-likeness (QED) is 0.699. The van der Waals surface area contributed by atoms with Gasteiger partial charge in [0, 0.05) is 43.4 Å². The number of amides is 2. The van der Waals surface area contributed by atoms with Gasteiger partial charge in [0.15, 0.2) is 5.69 Å². The summed E-state index contributed by atoms with van der Waals surface area (Å²) in [5.74, 6) is 5.49. The molecule has 3 N–H and O–H groups in total. The third kappa shape index (κ3) is 3.55. The van der Waals surface area contributed by atoms with Crippen LogP contribution in [0.15, 0.2) is 24.4 Å². The Morgan fingerprint density at radius 2 is 2.26 bits per heavy atom. The number of aromatic nitrogens is 3. The molecule has 4 rings (SSSR count). The molecule has 2 aromatic heterocycles. The number of carbonyl (C=O) groups is 2. The molecule has 3 heterocycles. The first-order chi connectivity index (χ1) is 12.9. The largest absolute Gasteiger partial charge is 0.369 e. The zero-order valence-electron chi connectivity index (χ0n) is 14.8.